The third-order valence-electron chi connectivity index (χ3n) is 2.37. The Kier molecular flexibility index (Phi) is 1.45. The van der Waals surface area contributed by atoms with Crippen LogP contribution in [0.5, 0.6) is 0 Å². The van der Waals surface area contributed by atoms with Crippen LogP contribution >= 0.6 is 0 Å². The second kappa shape index (κ2) is 2.15. The van der Waals surface area contributed by atoms with Gasteiger partial charge in [0.25, 0.3) is 0 Å². The van der Waals surface area contributed by atoms with Crippen LogP contribution in [0.2, 0.25) is 0 Å². The van der Waals surface area contributed by atoms with Crippen LogP contribution in [-0.4, -0.2) is 51.9 Å². The predicted octanol–water partition coefficient (Wildman–Crippen LogP) is -2.82. The predicted molar refractivity (Wildman–Crippen MR) is 34.7 cm³/mol. The molecule has 2 aliphatic rings. The third-order valence-corrected chi connectivity index (χ3v) is 2.37. The number of ether oxygens (including phenoxy) is 1. The Morgan fingerprint density at radius 3 is 2.18 bits per heavy atom. The standard InChI is InChI=1S/C6H11NO4/c7-1-2(8)3(9)4(10)6-5(1)11-6/h1-6,8-10H,7H2/t1-,2+,3-,4+,5-,6+/m1/s1. The van der Waals surface area contributed by atoms with Crippen LogP contribution in [0, 0.1) is 0 Å². The molecule has 5 heteroatoms. The first-order chi connectivity index (χ1) is 5.13. The van der Waals surface area contributed by atoms with Crippen LogP contribution in [0.25, 0.3) is 0 Å². The summed E-state index contributed by atoms with van der Waals surface area (Å²) in [6.45, 7) is 0. The van der Waals surface area contributed by atoms with Crippen LogP contribution in [0.1, 0.15) is 0 Å². The molecule has 64 valence electrons. The van der Waals surface area contributed by atoms with Gasteiger partial charge in [-0.15, -0.1) is 0 Å². The first kappa shape index (κ1) is 7.45. The molecule has 0 aromatic rings. The van der Waals surface area contributed by atoms with Crippen LogP contribution in [0.15, 0.2) is 0 Å². The van der Waals surface area contributed by atoms with Gasteiger partial charge in [0.05, 0.1) is 6.04 Å². The van der Waals surface area contributed by atoms with Crippen molar-refractivity contribution in [3.8, 4) is 0 Å². The SMILES string of the molecule is N[C@@H]1[C@H](O)[C@@H](O)[C@H](O)[C@@H]2O[C@H]12. The lowest BCUT2D eigenvalue weighted by Crippen LogP contribution is -2.57. The van der Waals surface area contributed by atoms with Crippen LogP contribution in [0.4, 0.5) is 0 Å². The zero-order chi connectivity index (χ0) is 8.17. The highest BCUT2D eigenvalue weighted by Crippen LogP contribution is 2.36. The van der Waals surface area contributed by atoms with Gasteiger partial charge in [0.2, 0.25) is 0 Å². The maximum Gasteiger partial charge on any atom is 0.114 e. The van der Waals surface area contributed by atoms with E-state index in [1.165, 1.54) is 0 Å². The van der Waals surface area contributed by atoms with Gasteiger partial charge in [-0.3, -0.25) is 0 Å². The number of fused-ring (bicyclic) bond motifs is 1. The monoisotopic (exact) mass is 161 g/mol. The maximum absolute atomic E-state index is 9.20. The van der Waals surface area contributed by atoms with Crippen molar-refractivity contribution in [3.63, 3.8) is 0 Å². The summed E-state index contributed by atoms with van der Waals surface area (Å²) in [7, 11) is 0. The molecule has 0 bridgehead atoms. The number of nitrogens with two attached hydrogens (primary N) is 1. The average molecular weight is 161 g/mol. The van der Waals surface area contributed by atoms with E-state index in [1.54, 1.807) is 0 Å². The van der Waals surface area contributed by atoms with Gasteiger partial charge in [0, 0.05) is 0 Å². The lowest BCUT2D eigenvalue weighted by Gasteiger charge is -2.29. The molecule has 1 saturated heterocycles. The normalized spacial score (nSPS) is 62.2. The van der Waals surface area contributed by atoms with E-state index in [0.29, 0.717) is 0 Å². The van der Waals surface area contributed by atoms with Crippen molar-refractivity contribution in [3.05, 3.63) is 0 Å². The number of aliphatic hydroxyl groups is 3. The molecule has 11 heavy (non-hydrogen) atoms. The Morgan fingerprint density at radius 1 is 0.909 bits per heavy atom. The summed E-state index contributed by atoms with van der Waals surface area (Å²) in [5.41, 5.74) is 5.47. The number of rotatable bonds is 0. The molecule has 2 rings (SSSR count). The van der Waals surface area contributed by atoms with E-state index in [-0.39, 0.29) is 12.2 Å². The van der Waals surface area contributed by atoms with Crippen LogP contribution in [0.3, 0.4) is 0 Å². The molecule has 0 spiro atoms. The highest BCUT2D eigenvalue weighted by molar-refractivity contribution is 5.09. The first-order valence-corrected chi connectivity index (χ1v) is 3.58. The summed E-state index contributed by atoms with van der Waals surface area (Å²) in [4.78, 5) is 0. The molecule has 5 nitrogen and oxygen atoms in total. The topological polar surface area (TPSA) is 99.2 Å². The Bertz CT molecular complexity index is 158. The Labute approximate surface area is 63.4 Å². The fourth-order valence-corrected chi connectivity index (χ4v) is 1.54. The summed E-state index contributed by atoms with van der Waals surface area (Å²) in [6, 6.07) is -0.571. The molecule has 2 fully saturated rings. The molecular formula is C6H11NO4. The lowest BCUT2D eigenvalue weighted by atomic mass is 9.88. The molecule has 1 heterocycles. The molecule has 0 aromatic carbocycles. The fourth-order valence-electron chi connectivity index (χ4n) is 1.54. The minimum absolute atomic E-state index is 0.275. The minimum Gasteiger partial charge on any atom is -0.389 e. The summed E-state index contributed by atoms with van der Waals surface area (Å²) in [6.07, 6.45) is -3.89. The lowest BCUT2D eigenvalue weighted by molar-refractivity contribution is -0.0825. The number of aliphatic hydroxyl groups excluding tert-OH is 3. The Balaban J connectivity index is 2.13. The fraction of sp³-hybridized carbons (Fsp3) is 1.00. The van der Waals surface area contributed by atoms with E-state index in [2.05, 4.69) is 0 Å². The van der Waals surface area contributed by atoms with E-state index in [1.807, 2.05) is 0 Å². The molecule has 0 radical (unpaired) electrons. The average Bonchev–Trinajstić information content (AvgIpc) is 2.76. The van der Waals surface area contributed by atoms with Crippen molar-refractivity contribution < 1.29 is 20.1 Å². The van der Waals surface area contributed by atoms with E-state index in [4.69, 9.17) is 15.6 Å². The summed E-state index contributed by atoms with van der Waals surface area (Å²) < 4.78 is 4.95. The zero-order valence-corrected chi connectivity index (χ0v) is 5.79. The molecule has 6 atom stereocenters. The van der Waals surface area contributed by atoms with E-state index < -0.39 is 24.4 Å². The van der Waals surface area contributed by atoms with Crippen LogP contribution < -0.4 is 5.73 Å². The van der Waals surface area contributed by atoms with Gasteiger partial charge in [-0.25, -0.2) is 0 Å². The van der Waals surface area contributed by atoms with Gasteiger partial charge in [-0.1, -0.05) is 0 Å². The highest BCUT2D eigenvalue weighted by atomic mass is 16.6. The Hall–Kier alpha value is -0.200. The van der Waals surface area contributed by atoms with Gasteiger partial charge >= 0.3 is 0 Å². The van der Waals surface area contributed by atoms with Gasteiger partial charge < -0.3 is 25.8 Å². The van der Waals surface area contributed by atoms with Crippen molar-refractivity contribution in [1.82, 2.24) is 0 Å². The highest BCUT2D eigenvalue weighted by Gasteiger charge is 2.58. The van der Waals surface area contributed by atoms with Crippen LogP contribution in [-0.2, 0) is 4.74 Å². The van der Waals surface area contributed by atoms with E-state index in [9.17, 15) is 10.2 Å². The molecular weight excluding hydrogens is 150 g/mol. The van der Waals surface area contributed by atoms with Crippen molar-refractivity contribution in [2.45, 2.75) is 36.6 Å². The maximum atomic E-state index is 9.20. The summed E-state index contributed by atoms with van der Waals surface area (Å²) >= 11 is 0. The molecule has 1 aliphatic heterocycles. The van der Waals surface area contributed by atoms with Gasteiger partial charge in [-0.05, 0) is 0 Å². The van der Waals surface area contributed by atoms with E-state index in [0.717, 1.165) is 0 Å². The summed E-state index contributed by atoms with van der Waals surface area (Å²) in [5.74, 6) is 0. The van der Waals surface area contributed by atoms with Crippen molar-refractivity contribution in [2.75, 3.05) is 0 Å². The molecule has 0 aromatic heterocycles. The number of hydrogen-bond donors (Lipinski definition) is 4. The number of hydrogen-bond acceptors (Lipinski definition) is 5. The smallest absolute Gasteiger partial charge is 0.114 e. The van der Waals surface area contributed by atoms with Gasteiger partial charge in [-0.2, -0.15) is 0 Å². The van der Waals surface area contributed by atoms with Gasteiger partial charge in [0.1, 0.15) is 30.5 Å². The molecule has 5 N–H and O–H groups in total. The second-order valence-corrected chi connectivity index (χ2v) is 3.11. The van der Waals surface area contributed by atoms with Crippen molar-refractivity contribution in [1.29, 1.82) is 0 Å². The minimum atomic E-state index is -1.17. The quantitative estimate of drug-likeness (QED) is 0.287. The molecule has 1 saturated carbocycles. The van der Waals surface area contributed by atoms with Crippen molar-refractivity contribution >= 4 is 0 Å². The van der Waals surface area contributed by atoms with Gasteiger partial charge in [0.15, 0.2) is 0 Å². The molecule has 1 aliphatic carbocycles. The largest absolute Gasteiger partial charge is 0.389 e. The molecule has 0 unspecified atom stereocenters. The van der Waals surface area contributed by atoms with E-state index >= 15 is 0 Å². The van der Waals surface area contributed by atoms with Crippen molar-refractivity contribution in [2.24, 2.45) is 5.73 Å². The zero-order valence-electron chi connectivity index (χ0n) is 5.79. The molecule has 0 amide bonds. The second-order valence-electron chi connectivity index (χ2n) is 3.11. The third kappa shape index (κ3) is 0.896. The summed E-state index contributed by atoms with van der Waals surface area (Å²) in [5, 5.41) is 27.5. The Morgan fingerprint density at radius 2 is 1.55 bits per heavy atom. The number of epoxide rings is 1. The first-order valence-electron chi connectivity index (χ1n) is 3.58.